The zero-order valence-corrected chi connectivity index (χ0v) is 18.7. The molecule has 1 N–H and O–H groups in total. The quantitative estimate of drug-likeness (QED) is 0.571. The molecule has 0 radical (unpaired) electrons. The smallest absolute Gasteiger partial charge is 0.243 e. The Bertz CT molecular complexity index is 1190. The first-order valence-electron chi connectivity index (χ1n) is 9.94. The number of morpholine rings is 1. The molecule has 1 saturated heterocycles. The van der Waals surface area contributed by atoms with Gasteiger partial charge in [-0.1, -0.05) is 24.3 Å². The number of sulfonamides is 1. The third-order valence-corrected chi connectivity index (χ3v) is 8.06. The van der Waals surface area contributed by atoms with Gasteiger partial charge in [0.15, 0.2) is 0 Å². The number of carbonyl (C=O) groups is 1. The Morgan fingerprint density at radius 2 is 1.90 bits per heavy atom. The summed E-state index contributed by atoms with van der Waals surface area (Å²) in [6.45, 7) is 3.24. The van der Waals surface area contributed by atoms with Crippen LogP contribution in [0, 0.1) is 0 Å². The van der Waals surface area contributed by atoms with Gasteiger partial charge >= 0.3 is 0 Å². The fraction of sp³-hybridized carbons (Fsp3) is 0.273. The minimum Gasteiger partial charge on any atom is -0.379 e. The molecular weight excluding hydrogens is 434 g/mol. The minimum atomic E-state index is -3.62. The molecule has 1 atom stereocenters. The summed E-state index contributed by atoms with van der Waals surface area (Å²) in [7, 11) is -3.62. The molecule has 1 aliphatic heterocycles. The van der Waals surface area contributed by atoms with Crippen LogP contribution in [0.1, 0.15) is 6.92 Å². The van der Waals surface area contributed by atoms with Crippen molar-refractivity contribution in [2.45, 2.75) is 22.0 Å². The summed E-state index contributed by atoms with van der Waals surface area (Å²) < 4.78 is 32.4. The van der Waals surface area contributed by atoms with E-state index in [0.717, 1.165) is 15.8 Å². The van der Waals surface area contributed by atoms with E-state index in [1.165, 1.54) is 22.1 Å². The fourth-order valence-electron chi connectivity index (χ4n) is 3.33. The van der Waals surface area contributed by atoms with Crippen LogP contribution in [0.3, 0.4) is 0 Å². The Labute approximate surface area is 185 Å². The molecule has 2 aromatic carbocycles. The molecule has 9 heteroatoms. The highest BCUT2D eigenvalue weighted by molar-refractivity contribution is 8.00. The van der Waals surface area contributed by atoms with E-state index < -0.39 is 10.0 Å². The van der Waals surface area contributed by atoms with Crippen molar-refractivity contribution in [3.05, 3.63) is 60.8 Å². The van der Waals surface area contributed by atoms with E-state index in [2.05, 4.69) is 10.3 Å². The predicted molar refractivity (Wildman–Crippen MR) is 122 cm³/mol. The van der Waals surface area contributed by atoms with Gasteiger partial charge in [0, 0.05) is 35.3 Å². The van der Waals surface area contributed by atoms with Crippen molar-refractivity contribution in [1.29, 1.82) is 0 Å². The van der Waals surface area contributed by atoms with Crippen molar-refractivity contribution in [3.8, 4) is 0 Å². The number of ether oxygens (including phenoxy) is 1. The summed E-state index contributed by atoms with van der Waals surface area (Å²) in [5.41, 5.74) is 1.33. The molecular formula is C22H23N3O4S2. The van der Waals surface area contributed by atoms with Gasteiger partial charge in [-0.05, 0) is 37.3 Å². The minimum absolute atomic E-state index is 0.160. The van der Waals surface area contributed by atoms with Gasteiger partial charge in [0.25, 0.3) is 0 Å². The normalized spacial score (nSPS) is 16.2. The van der Waals surface area contributed by atoms with Gasteiger partial charge in [-0.15, -0.1) is 11.8 Å². The SMILES string of the molecule is CC(Sc1ccnc2ccccc12)C(=O)Nc1cccc(S(=O)(=O)N2CCOCC2)c1. The number of anilines is 1. The molecule has 162 valence electrons. The Kier molecular flexibility index (Phi) is 6.57. The summed E-state index contributed by atoms with van der Waals surface area (Å²) in [5, 5.41) is 3.45. The average molecular weight is 458 g/mol. The number of benzene rings is 2. The van der Waals surface area contributed by atoms with Gasteiger partial charge < -0.3 is 10.1 Å². The van der Waals surface area contributed by atoms with E-state index in [0.29, 0.717) is 32.0 Å². The number of nitrogens with zero attached hydrogens (tertiary/aromatic N) is 2. The molecule has 0 bridgehead atoms. The van der Waals surface area contributed by atoms with Gasteiger partial charge in [-0.25, -0.2) is 8.42 Å². The second-order valence-electron chi connectivity index (χ2n) is 7.12. The zero-order valence-electron chi connectivity index (χ0n) is 17.0. The van der Waals surface area contributed by atoms with E-state index in [9.17, 15) is 13.2 Å². The number of carbonyl (C=O) groups excluding carboxylic acids is 1. The van der Waals surface area contributed by atoms with Gasteiger partial charge in [0.05, 0.1) is 28.9 Å². The van der Waals surface area contributed by atoms with Crippen molar-refractivity contribution < 1.29 is 17.9 Å². The topological polar surface area (TPSA) is 88.6 Å². The molecule has 0 saturated carbocycles. The second kappa shape index (κ2) is 9.35. The van der Waals surface area contributed by atoms with E-state index in [-0.39, 0.29) is 16.1 Å². The lowest BCUT2D eigenvalue weighted by atomic mass is 10.2. The lowest BCUT2D eigenvalue weighted by molar-refractivity contribution is -0.115. The maximum atomic E-state index is 12.9. The van der Waals surface area contributed by atoms with Crippen LogP contribution in [-0.4, -0.2) is 55.2 Å². The number of nitrogens with one attached hydrogen (secondary N) is 1. The predicted octanol–water partition coefficient (Wildman–Crippen LogP) is 3.38. The largest absolute Gasteiger partial charge is 0.379 e. The van der Waals surface area contributed by atoms with Crippen LogP contribution in [-0.2, 0) is 19.6 Å². The van der Waals surface area contributed by atoms with Crippen LogP contribution < -0.4 is 5.32 Å². The van der Waals surface area contributed by atoms with Crippen LogP contribution in [0.25, 0.3) is 10.9 Å². The average Bonchev–Trinajstić information content (AvgIpc) is 2.80. The molecule has 2 heterocycles. The number of rotatable bonds is 6. The molecule has 0 spiro atoms. The van der Waals surface area contributed by atoms with Crippen molar-refractivity contribution in [3.63, 3.8) is 0 Å². The van der Waals surface area contributed by atoms with Gasteiger partial charge in [-0.3, -0.25) is 9.78 Å². The van der Waals surface area contributed by atoms with Crippen LogP contribution in [0.5, 0.6) is 0 Å². The number of fused-ring (bicyclic) bond motifs is 1. The van der Waals surface area contributed by atoms with Crippen molar-refractivity contribution in [1.82, 2.24) is 9.29 Å². The van der Waals surface area contributed by atoms with E-state index in [1.807, 2.05) is 37.3 Å². The second-order valence-corrected chi connectivity index (χ2v) is 10.4. The molecule has 1 aromatic heterocycles. The molecule has 4 rings (SSSR count). The number of thioether (sulfide) groups is 1. The third-order valence-electron chi connectivity index (χ3n) is 4.99. The van der Waals surface area contributed by atoms with Gasteiger partial charge in [0.2, 0.25) is 15.9 Å². The fourth-order valence-corrected chi connectivity index (χ4v) is 5.77. The molecule has 1 aliphatic rings. The highest BCUT2D eigenvalue weighted by Crippen LogP contribution is 2.30. The molecule has 0 aliphatic carbocycles. The maximum absolute atomic E-state index is 12.9. The Hall–Kier alpha value is -2.46. The van der Waals surface area contributed by atoms with E-state index in [1.54, 1.807) is 24.4 Å². The van der Waals surface area contributed by atoms with Gasteiger partial charge in [-0.2, -0.15) is 4.31 Å². The standard InChI is InChI=1S/C22H23N3O4S2/c1-16(30-21-9-10-23-20-8-3-2-7-19(20)21)22(26)24-17-5-4-6-18(15-17)31(27,28)25-11-13-29-14-12-25/h2-10,15-16H,11-14H2,1H3,(H,24,26). The highest BCUT2D eigenvalue weighted by atomic mass is 32.2. The molecule has 1 amide bonds. The first-order chi connectivity index (χ1) is 14.9. The van der Waals surface area contributed by atoms with Crippen molar-refractivity contribution >= 4 is 44.3 Å². The first-order valence-corrected chi connectivity index (χ1v) is 12.3. The van der Waals surface area contributed by atoms with E-state index in [4.69, 9.17) is 4.74 Å². The lowest BCUT2D eigenvalue weighted by Crippen LogP contribution is -2.40. The Morgan fingerprint density at radius 1 is 1.13 bits per heavy atom. The number of aromatic nitrogens is 1. The maximum Gasteiger partial charge on any atom is 0.243 e. The summed E-state index contributed by atoms with van der Waals surface area (Å²) in [5.74, 6) is -0.202. The molecule has 7 nitrogen and oxygen atoms in total. The Balaban J connectivity index is 1.47. The van der Waals surface area contributed by atoms with Gasteiger partial charge in [0.1, 0.15) is 0 Å². The number of amides is 1. The van der Waals surface area contributed by atoms with E-state index >= 15 is 0 Å². The Morgan fingerprint density at radius 3 is 2.71 bits per heavy atom. The lowest BCUT2D eigenvalue weighted by Gasteiger charge is -2.26. The number of pyridine rings is 1. The monoisotopic (exact) mass is 457 g/mol. The number of hydrogen-bond acceptors (Lipinski definition) is 6. The summed E-state index contributed by atoms with van der Waals surface area (Å²) in [6.07, 6.45) is 1.73. The highest BCUT2D eigenvalue weighted by Gasteiger charge is 2.26. The third kappa shape index (κ3) is 4.90. The number of para-hydroxylation sites is 1. The molecule has 1 fully saturated rings. The van der Waals surface area contributed by atoms with Crippen LogP contribution in [0.15, 0.2) is 70.6 Å². The molecule has 31 heavy (non-hydrogen) atoms. The molecule has 3 aromatic rings. The zero-order chi connectivity index (χ0) is 21.8. The van der Waals surface area contributed by atoms with Crippen molar-refractivity contribution in [2.24, 2.45) is 0 Å². The van der Waals surface area contributed by atoms with Crippen LogP contribution >= 0.6 is 11.8 Å². The first kappa shape index (κ1) is 21.8. The molecule has 1 unspecified atom stereocenters. The van der Waals surface area contributed by atoms with Crippen LogP contribution in [0.4, 0.5) is 5.69 Å². The van der Waals surface area contributed by atoms with Crippen LogP contribution in [0.2, 0.25) is 0 Å². The number of hydrogen-bond donors (Lipinski definition) is 1. The summed E-state index contributed by atoms with van der Waals surface area (Å²) in [6, 6.07) is 16.1. The summed E-state index contributed by atoms with van der Waals surface area (Å²) in [4.78, 5) is 18.3. The van der Waals surface area contributed by atoms with Crippen molar-refractivity contribution in [2.75, 3.05) is 31.6 Å². The summed E-state index contributed by atoms with van der Waals surface area (Å²) >= 11 is 1.44.